The van der Waals surface area contributed by atoms with Crippen LogP contribution in [-0.4, -0.2) is 29.6 Å². The van der Waals surface area contributed by atoms with Gasteiger partial charge in [-0.25, -0.2) is 0 Å². The minimum absolute atomic E-state index is 0.179. The molecule has 20 heavy (non-hydrogen) atoms. The summed E-state index contributed by atoms with van der Waals surface area (Å²) >= 11 is 0. The maximum atomic E-state index is 6.71. The Morgan fingerprint density at radius 3 is 2.30 bits per heavy atom. The summed E-state index contributed by atoms with van der Waals surface area (Å²) in [7, 11) is 0. The molecular weight excluding hydrogens is 244 g/mol. The van der Waals surface area contributed by atoms with E-state index in [0.717, 1.165) is 19.3 Å². The second kappa shape index (κ2) is 6.73. The van der Waals surface area contributed by atoms with Crippen molar-refractivity contribution in [2.75, 3.05) is 13.1 Å². The van der Waals surface area contributed by atoms with Gasteiger partial charge in [-0.2, -0.15) is 0 Å². The highest BCUT2D eigenvalue weighted by Crippen LogP contribution is 2.32. The van der Waals surface area contributed by atoms with E-state index in [4.69, 9.17) is 5.73 Å². The van der Waals surface area contributed by atoms with Gasteiger partial charge in [-0.15, -0.1) is 0 Å². The first-order chi connectivity index (χ1) is 9.64. The van der Waals surface area contributed by atoms with Crippen LogP contribution in [0.25, 0.3) is 0 Å². The number of nitrogens with zero attached hydrogens (tertiary/aromatic N) is 1. The number of likely N-dealkylation sites (tertiary alicyclic amines) is 1. The molecule has 2 nitrogen and oxygen atoms in total. The average Bonchev–Trinajstić information content (AvgIpc) is 2.98. The molecular formula is C18H30N2. The standard InChI is InChI=1S/C18H30N2/c1-4-18(5-2,20-12-8-9-13-20)17(19)14-16-11-7-6-10-15(16)3/h6-7,10-11,17H,4-5,8-9,12-14,19H2,1-3H3. The number of hydrogen-bond donors (Lipinski definition) is 1. The lowest BCUT2D eigenvalue weighted by Gasteiger charge is -2.45. The Morgan fingerprint density at radius 2 is 1.75 bits per heavy atom. The Morgan fingerprint density at radius 1 is 1.15 bits per heavy atom. The highest BCUT2D eigenvalue weighted by Gasteiger charge is 2.40. The van der Waals surface area contributed by atoms with Crippen LogP contribution in [0, 0.1) is 6.92 Å². The fourth-order valence-corrected chi connectivity index (χ4v) is 3.88. The monoisotopic (exact) mass is 274 g/mol. The first kappa shape index (κ1) is 15.5. The third kappa shape index (κ3) is 2.91. The summed E-state index contributed by atoms with van der Waals surface area (Å²) in [6, 6.07) is 8.88. The van der Waals surface area contributed by atoms with E-state index in [1.807, 2.05) is 0 Å². The van der Waals surface area contributed by atoms with Gasteiger partial charge in [-0.05, 0) is 63.2 Å². The molecule has 112 valence electrons. The molecule has 1 unspecified atom stereocenters. The molecule has 1 heterocycles. The zero-order valence-electron chi connectivity index (χ0n) is 13.4. The Kier molecular flexibility index (Phi) is 5.22. The summed E-state index contributed by atoms with van der Waals surface area (Å²) in [6.07, 6.45) is 5.95. The first-order valence-corrected chi connectivity index (χ1v) is 8.19. The van der Waals surface area contributed by atoms with Gasteiger partial charge >= 0.3 is 0 Å². The molecule has 2 heteroatoms. The van der Waals surface area contributed by atoms with Crippen molar-refractivity contribution in [3.8, 4) is 0 Å². The third-order valence-corrected chi connectivity index (χ3v) is 5.35. The summed E-state index contributed by atoms with van der Waals surface area (Å²) in [5, 5.41) is 0. The van der Waals surface area contributed by atoms with Gasteiger partial charge in [0.25, 0.3) is 0 Å². The van der Waals surface area contributed by atoms with Crippen molar-refractivity contribution in [2.24, 2.45) is 5.73 Å². The van der Waals surface area contributed by atoms with E-state index in [-0.39, 0.29) is 11.6 Å². The minimum atomic E-state index is 0.179. The van der Waals surface area contributed by atoms with Crippen LogP contribution in [0.2, 0.25) is 0 Å². The minimum Gasteiger partial charge on any atom is -0.326 e. The van der Waals surface area contributed by atoms with E-state index in [1.54, 1.807) is 0 Å². The fraction of sp³-hybridized carbons (Fsp3) is 0.667. The van der Waals surface area contributed by atoms with Crippen molar-refractivity contribution in [3.63, 3.8) is 0 Å². The molecule has 0 amide bonds. The van der Waals surface area contributed by atoms with Crippen LogP contribution in [0.1, 0.15) is 50.7 Å². The first-order valence-electron chi connectivity index (χ1n) is 8.19. The van der Waals surface area contributed by atoms with Crippen LogP contribution in [0.5, 0.6) is 0 Å². The topological polar surface area (TPSA) is 29.3 Å². The lowest BCUT2D eigenvalue weighted by Crippen LogP contribution is -2.59. The molecule has 2 rings (SSSR count). The molecule has 0 bridgehead atoms. The Hall–Kier alpha value is -0.860. The van der Waals surface area contributed by atoms with E-state index in [2.05, 4.69) is 49.9 Å². The lowest BCUT2D eigenvalue weighted by atomic mass is 9.80. The fourth-order valence-electron chi connectivity index (χ4n) is 3.88. The number of hydrogen-bond acceptors (Lipinski definition) is 2. The van der Waals surface area contributed by atoms with Gasteiger partial charge in [-0.3, -0.25) is 4.90 Å². The second-order valence-electron chi connectivity index (χ2n) is 6.24. The van der Waals surface area contributed by atoms with E-state index >= 15 is 0 Å². The molecule has 0 spiro atoms. The van der Waals surface area contributed by atoms with E-state index in [0.29, 0.717) is 0 Å². The van der Waals surface area contributed by atoms with Gasteiger partial charge in [0.05, 0.1) is 0 Å². The normalized spacial score (nSPS) is 18.4. The molecule has 0 saturated carbocycles. The van der Waals surface area contributed by atoms with Crippen molar-refractivity contribution < 1.29 is 0 Å². The second-order valence-corrected chi connectivity index (χ2v) is 6.24. The molecule has 1 aliphatic heterocycles. The average molecular weight is 274 g/mol. The zero-order chi connectivity index (χ0) is 14.6. The molecule has 0 aromatic heterocycles. The predicted molar refractivity (Wildman–Crippen MR) is 87.0 cm³/mol. The quantitative estimate of drug-likeness (QED) is 0.860. The molecule has 1 aromatic rings. The van der Waals surface area contributed by atoms with Gasteiger partial charge in [0, 0.05) is 11.6 Å². The summed E-state index contributed by atoms with van der Waals surface area (Å²) in [5.74, 6) is 0. The van der Waals surface area contributed by atoms with Crippen molar-refractivity contribution in [1.29, 1.82) is 0 Å². The van der Waals surface area contributed by atoms with Crippen LogP contribution in [0.15, 0.2) is 24.3 Å². The summed E-state index contributed by atoms with van der Waals surface area (Å²) in [4.78, 5) is 2.66. The molecule has 1 saturated heterocycles. The third-order valence-electron chi connectivity index (χ3n) is 5.35. The molecule has 1 aliphatic rings. The van der Waals surface area contributed by atoms with Gasteiger partial charge < -0.3 is 5.73 Å². The van der Waals surface area contributed by atoms with Crippen LogP contribution in [0.3, 0.4) is 0 Å². The number of aryl methyl sites for hydroxylation is 1. The summed E-state index contributed by atoms with van der Waals surface area (Å²) < 4.78 is 0. The smallest absolute Gasteiger partial charge is 0.0358 e. The van der Waals surface area contributed by atoms with Gasteiger partial charge in [0.1, 0.15) is 0 Å². The predicted octanol–water partition coefficient (Wildman–Crippen LogP) is 3.52. The Labute approximate surface area is 124 Å². The molecule has 1 aromatic carbocycles. The van der Waals surface area contributed by atoms with E-state index in [1.165, 1.54) is 37.1 Å². The molecule has 1 fully saturated rings. The molecule has 2 N–H and O–H groups in total. The summed E-state index contributed by atoms with van der Waals surface area (Å²) in [5.41, 5.74) is 9.67. The number of benzene rings is 1. The van der Waals surface area contributed by atoms with Crippen LogP contribution < -0.4 is 5.73 Å². The maximum Gasteiger partial charge on any atom is 0.0358 e. The highest BCUT2D eigenvalue weighted by atomic mass is 15.2. The van der Waals surface area contributed by atoms with Gasteiger partial charge in [-0.1, -0.05) is 38.1 Å². The van der Waals surface area contributed by atoms with E-state index in [9.17, 15) is 0 Å². The van der Waals surface area contributed by atoms with Crippen molar-refractivity contribution >= 4 is 0 Å². The van der Waals surface area contributed by atoms with Crippen LogP contribution >= 0.6 is 0 Å². The maximum absolute atomic E-state index is 6.71. The highest BCUT2D eigenvalue weighted by molar-refractivity contribution is 5.27. The van der Waals surface area contributed by atoms with Gasteiger partial charge in [0.15, 0.2) is 0 Å². The lowest BCUT2D eigenvalue weighted by molar-refractivity contribution is 0.0768. The molecule has 0 aliphatic carbocycles. The molecule has 1 atom stereocenters. The largest absolute Gasteiger partial charge is 0.326 e. The van der Waals surface area contributed by atoms with Crippen molar-refractivity contribution in [2.45, 2.75) is 64.5 Å². The SMILES string of the molecule is CCC(CC)(C(N)Cc1ccccc1C)N1CCCC1. The number of nitrogens with two attached hydrogens (primary N) is 1. The Bertz CT molecular complexity index is 417. The summed E-state index contributed by atoms with van der Waals surface area (Å²) in [6.45, 7) is 9.25. The van der Waals surface area contributed by atoms with Crippen molar-refractivity contribution in [1.82, 2.24) is 4.90 Å². The zero-order valence-corrected chi connectivity index (χ0v) is 13.4. The number of rotatable bonds is 6. The Balaban J connectivity index is 2.18. The van der Waals surface area contributed by atoms with E-state index < -0.39 is 0 Å². The van der Waals surface area contributed by atoms with Crippen LogP contribution in [-0.2, 0) is 6.42 Å². The van der Waals surface area contributed by atoms with Crippen molar-refractivity contribution in [3.05, 3.63) is 35.4 Å². The van der Waals surface area contributed by atoms with Gasteiger partial charge in [0.2, 0.25) is 0 Å². The van der Waals surface area contributed by atoms with Crippen LogP contribution in [0.4, 0.5) is 0 Å². The molecule has 0 radical (unpaired) electrons.